The Balaban J connectivity index is 1.83. The van der Waals surface area contributed by atoms with Crippen LogP contribution >= 0.6 is 0 Å². The Bertz CT molecular complexity index is 1350. The summed E-state index contributed by atoms with van der Waals surface area (Å²) in [6.45, 7) is 3.27. The first-order valence-electron chi connectivity index (χ1n) is 12.1. The van der Waals surface area contributed by atoms with Crippen LogP contribution in [0.4, 0.5) is 13.2 Å². The third-order valence-electron chi connectivity index (χ3n) is 6.99. The lowest BCUT2D eigenvalue weighted by Crippen LogP contribution is -2.66. The lowest BCUT2D eigenvalue weighted by atomic mass is 9.72. The number of alkyl halides is 3. The summed E-state index contributed by atoms with van der Waals surface area (Å²) in [5.74, 6) is -2.56. The molecule has 1 atom stereocenters. The molecule has 11 heteroatoms. The number of halogens is 3. The molecule has 0 saturated heterocycles. The van der Waals surface area contributed by atoms with Gasteiger partial charge in [0.1, 0.15) is 5.75 Å². The SMILES string of the molecule is COc1ccc(CN2C(=O)[C@](NC(=O)c3ccc(OC)c(OC)c3)(C(F)(F)F)C3=C2CC(C)(C)CC3=O)cc1. The number of ketones is 1. The smallest absolute Gasteiger partial charge is 0.425 e. The zero-order valence-corrected chi connectivity index (χ0v) is 22.2. The molecule has 208 valence electrons. The van der Waals surface area contributed by atoms with Crippen molar-refractivity contribution in [3.8, 4) is 17.2 Å². The molecule has 8 nitrogen and oxygen atoms in total. The van der Waals surface area contributed by atoms with Gasteiger partial charge >= 0.3 is 6.18 Å². The number of hydrogen-bond acceptors (Lipinski definition) is 6. The summed E-state index contributed by atoms with van der Waals surface area (Å²) in [5, 5.41) is 1.93. The Kier molecular flexibility index (Phi) is 7.14. The van der Waals surface area contributed by atoms with Gasteiger partial charge in [0.2, 0.25) is 5.54 Å². The lowest BCUT2D eigenvalue weighted by Gasteiger charge is -2.35. The van der Waals surface area contributed by atoms with Crippen LogP contribution in [0.5, 0.6) is 17.2 Å². The zero-order valence-electron chi connectivity index (χ0n) is 22.2. The minimum atomic E-state index is -5.32. The van der Waals surface area contributed by atoms with Gasteiger partial charge in [0, 0.05) is 17.7 Å². The highest BCUT2D eigenvalue weighted by atomic mass is 19.4. The maximum absolute atomic E-state index is 15.0. The molecule has 4 rings (SSSR count). The minimum Gasteiger partial charge on any atom is -0.497 e. The summed E-state index contributed by atoms with van der Waals surface area (Å²) in [5.41, 5.74) is -4.70. The summed E-state index contributed by atoms with van der Waals surface area (Å²) in [4.78, 5) is 41.4. The van der Waals surface area contributed by atoms with Gasteiger partial charge in [-0.2, -0.15) is 13.2 Å². The molecular formula is C28H29F3N2O6. The molecule has 0 aromatic heterocycles. The Morgan fingerprint density at radius 2 is 1.59 bits per heavy atom. The van der Waals surface area contributed by atoms with E-state index in [4.69, 9.17) is 14.2 Å². The summed E-state index contributed by atoms with van der Waals surface area (Å²) >= 11 is 0. The first-order chi connectivity index (χ1) is 18.3. The fourth-order valence-corrected chi connectivity index (χ4v) is 5.13. The van der Waals surface area contributed by atoms with Gasteiger partial charge < -0.3 is 24.4 Å². The number of hydrogen-bond donors (Lipinski definition) is 1. The molecule has 1 aliphatic carbocycles. The van der Waals surface area contributed by atoms with E-state index in [-0.39, 0.29) is 42.1 Å². The maximum Gasteiger partial charge on any atom is 0.425 e. The molecule has 2 amide bonds. The van der Waals surface area contributed by atoms with Gasteiger partial charge in [-0.25, -0.2) is 0 Å². The van der Waals surface area contributed by atoms with E-state index in [0.29, 0.717) is 11.3 Å². The van der Waals surface area contributed by atoms with E-state index >= 15 is 13.2 Å². The largest absolute Gasteiger partial charge is 0.497 e. The molecule has 1 heterocycles. The number of ether oxygens (including phenoxy) is 3. The molecule has 1 N–H and O–H groups in total. The quantitative estimate of drug-likeness (QED) is 0.553. The molecule has 0 fully saturated rings. The van der Waals surface area contributed by atoms with Crippen LogP contribution in [0.1, 0.15) is 42.6 Å². The molecule has 0 unspecified atom stereocenters. The van der Waals surface area contributed by atoms with Crippen molar-refractivity contribution in [2.24, 2.45) is 5.41 Å². The third kappa shape index (κ3) is 4.81. The van der Waals surface area contributed by atoms with Crippen LogP contribution in [0.2, 0.25) is 0 Å². The predicted molar refractivity (Wildman–Crippen MR) is 134 cm³/mol. The van der Waals surface area contributed by atoms with E-state index in [1.165, 1.54) is 39.5 Å². The number of rotatable bonds is 7. The lowest BCUT2D eigenvalue weighted by molar-refractivity contribution is -0.190. The number of nitrogens with one attached hydrogen (secondary N) is 1. The van der Waals surface area contributed by atoms with Crippen molar-refractivity contribution >= 4 is 17.6 Å². The van der Waals surface area contributed by atoms with E-state index in [1.807, 2.05) is 5.32 Å². The maximum atomic E-state index is 15.0. The van der Waals surface area contributed by atoms with Crippen LogP contribution in [0.15, 0.2) is 53.7 Å². The molecule has 39 heavy (non-hydrogen) atoms. The van der Waals surface area contributed by atoms with Crippen LogP contribution in [0.25, 0.3) is 0 Å². The second-order valence-electron chi connectivity index (χ2n) is 10.3. The Morgan fingerprint density at radius 3 is 2.15 bits per heavy atom. The van der Waals surface area contributed by atoms with Gasteiger partial charge in [-0.05, 0) is 47.7 Å². The van der Waals surface area contributed by atoms with Crippen molar-refractivity contribution in [3.05, 3.63) is 64.9 Å². The highest BCUT2D eigenvalue weighted by Gasteiger charge is 2.71. The van der Waals surface area contributed by atoms with E-state index < -0.39 is 40.3 Å². The van der Waals surface area contributed by atoms with Gasteiger partial charge in [0.25, 0.3) is 11.8 Å². The molecule has 1 aliphatic heterocycles. The van der Waals surface area contributed by atoms with Crippen molar-refractivity contribution in [1.29, 1.82) is 0 Å². The minimum absolute atomic E-state index is 0.0398. The number of carbonyl (C=O) groups excluding carboxylic acids is 3. The van der Waals surface area contributed by atoms with Gasteiger partial charge in [-0.1, -0.05) is 26.0 Å². The van der Waals surface area contributed by atoms with E-state index in [9.17, 15) is 14.4 Å². The Hall–Kier alpha value is -4.02. The number of nitrogens with zero attached hydrogens (tertiary/aromatic N) is 1. The average Bonchev–Trinajstić information content (AvgIpc) is 3.11. The van der Waals surface area contributed by atoms with Crippen molar-refractivity contribution < 1.29 is 41.8 Å². The van der Waals surface area contributed by atoms with Crippen LogP contribution < -0.4 is 19.5 Å². The van der Waals surface area contributed by atoms with Crippen LogP contribution in [-0.4, -0.2) is 55.5 Å². The monoisotopic (exact) mass is 546 g/mol. The highest BCUT2D eigenvalue weighted by Crippen LogP contribution is 2.52. The molecule has 2 aliphatic rings. The molecule has 2 aromatic carbocycles. The fourth-order valence-electron chi connectivity index (χ4n) is 5.13. The van der Waals surface area contributed by atoms with Crippen LogP contribution in [0, 0.1) is 5.41 Å². The topological polar surface area (TPSA) is 94.2 Å². The second kappa shape index (κ2) is 9.94. The summed E-state index contributed by atoms with van der Waals surface area (Å²) in [7, 11) is 4.16. The highest BCUT2D eigenvalue weighted by molar-refractivity contribution is 6.14. The first kappa shape index (κ1) is 28.0. The molecule has 2 aromatic rings. The van der Waals surface area contributed by atoms with Crippen LogP contribution in [0.3, 0.4) is 0 Å². The van der Waals surface area contributed by atoms with E-state index in [2.05, 4.69) is 0 Å². The molecule has 0 spiro atoms. The normalized spacial score (nSPS) is 20.6. The zero-order chi connectivity index (χ0) is 28.8. The number of benzene rings is 2. The van der Waals surface area contributed by atoms with Crippen molar-refractivity contribution in [2.75, 3.05) is 21.3 Å². The molecule has 0 saturated carbocycles. The molecule has 0 bridgehead atoms. The van der Waals surface area contributed by atoms with Gasteiger partial charge in [0.15, 0.2) is 17.3 Å². The Labute approximate surface area is 223 Å². The standard InChI is InChI=1S/C28H29F3N2O6/c1-26(2)13-19-23(20(34)14-26)27(28(29,30)31,25(36)33(19)15-16-6-9-18(37-3)10-7-16)32-24(35)17-8-11-21(38-4)22(12-17)39-5/h6-12H,13-15H2,1-5H3,(H,32,35)/t27-/m0/s1. The number of methoxy groups -OCH3 is 3. The summed E-state index contributed by atoms with van der Waals surface area (Å²) in [6, 6.07) is 10.3. The first-order valence-corrected chi connectivity index (χ1v) is 12.1. The number of amides is 2. The average molecular weight is 547 g/mol. The van der Waals surface area contributed by atoms with Crippen molar-refractivity contribution in [3.63, 3.8) is 0 Å². The number of Topliss-reactive ketones (excluding diaryl/α,β-unsaturated/α-hetero) is 1. The van der Waals surface area contributed by atoms with E-state index in [0.717, 1.165) is 4.90 Å². The summed E-state index contributed by atoms with van der Waals surface area (Å²) < 4.78 is 60.6. The third-order valence-corrected chi connectivity index (χ3v) is 6.99. The molecule has 0 radical (unpaired) electrons. The van der Waals surface area contributed by atoms with Crippen molar-refractivity contribution in [1.82, 2.24) is 10.2 Å². The van der Waals surface area contributed by atoms with Gasteiger partial charge in [-0.3, -0.25) is 14.4 Å². The van der Waals surface area contributed by atoms with E-state index in [1.54, 1.807) is 38.1 Å². The summed E-state index contributed by atoms with van der Waals surface area (Å²) in [6.07, 6.45) is -5.48. The van der Waals surface area contributed by atoms with Gasteiger partial charge in [-0.15, -0.1) is 0 Å². The van der Waals surface area contributed by atoms with Crippen LogP contribution in [-0.2, 0) is 16.1 Å². The fraction of sp³-hybridized carbons (Fsp3) is 0.393. The number of allylic oxidation sites excluding steroid dienone is 1. The van der Waals surface area contributed by atoms with Gasteiger partial charge in [0.05, 0.1) is 33.4 Å². The Morgan fingerprint density at radius 1 is 0.949 bits per heavy atom. The van der Waals surface area contributed by atoms with Crippen molar-refractivity contribution in [2.45, 2.75) is 44.9 Å². The predicted octanol–water partition coefficient (Wildman–Crippen LogP) is 4.43. The molecular weight excluding hydrogens is 517 g/mol. The second-order valence-corrected chi connectivity index (χ2v) is 10.3. The number of carbonyl (C=O) groups is 3.